The number of carboxylic acid groups (broad SMARTS) is 2. The van der Waals surface area contributed by atoms with Crippen molar-refractivity contribution in [2.24, 2.45) is 0 Å². The van der Waals surface area contributed by atoms with Crippen molar-refractivity contribution in [3.63, 3.8) is 0 Å². The highest BCUT2D eigenvalue weighted by Gasteiger charge is 2.38. The summed E-state index contributed by atoms with van der Waals surface area (Å²) in [5, 5.41) is 21.1. The maximum absolute atomic E-state index is 10.6. The Kier molecular flexibility index (Phi) is 6.33. The number of piperidine rings is 1. The molecule has 100 valence electrons. The van der Waals surface area contributed by atoms with Crippen LogP contribution in [0.5, 0.6) is 0 Å². The van der Waals surface area contributed by atoms with Gasteiger partial charge in [-0.3, -0.25) is 0 Å². The van der Waals surface area contributed by atoms with Crippen molar-refractivity contribution in [2.75, 3.05) is 13.1 Å². The van der Waals surface area contributed by atoms with Crippen LogP contribution in [0.4, 0.5) is 18.0 Å². The molecule has 1 heterocycles. The summed E-state index contributed by atoms with van der Waals surface area (Å²) in [4.78, 5) is 19.0. The quantitative estimate of drug-likeness (QED) is 0.553. The molecule has 4 N–H and O–H groups in total. The number of halogens is 3. The predicted octanol–water partition coefficient (Wildman–Crippen LogP) is 0.639. The van der Waals surface area contributed by atoms with E-state index in [2.05, 4.69) is 10.6 Å². The lowest BCUT2D eigenvalue weighted by atomic mass is 10.1. The maximum Gasteiger partial charge on any atom is 0.490 e. The van der Waals surface area contributed by atoms with Gasteiger partial charge in [-0.05, 0) is 25.9 Å². The second-order valence-electron chi connectivity index (χ2n) is 3.28. The Labute approximate surface area is 94.8 Å². The van der Waals surface area contributed by atoms with Gasteiger partial charge in [-0.1, -0.05) is 0 Å². The number of nitrogens with one attached hydrogen (secondary N) is 2. The molecule has 1 aliphatic rings. The first-order chi connectivity index (χ1) is 7.73. The summed E-state index contributed by atoms with van der Waals surface area (Å²) in [5.74, 6) is -2.76. The van der Waals surface area contributed by atoms with Gasteiger partial charge in [0.15, 0.2) is 0 Å². The van der Waals surface area contributed by atoms with E-state index in [0.29, 0.717) is 0 Å². The van der Waals surface area contributed by atoms with Gasteiger partial charge in [0, 0.05) is 6.04 Å². The van der Waals surface area contributed by atoms with Gasteiger partial charge in [0.05, 0.1) is 0 Å². The summed E-state index contributed by atoms with van der Waals surface area (Å²) >= 11 is 0. The second-order valence-corrected chi connectivity index (χ2v) is 3.28. The van der Waals surface area contributed by atoms with Crippen molar-refractivity contribution in [3.8, 4) is 0 Å². The van der Waals surface area contributed by atoms with Gasteiger partial charge in [-0.25, -0.2) is 9.59 Å². The van der Waals surface area contributed by atoms with E-state index in [1.165, 1.54) is 0 Å². The van der Waals surface area contributed by atoms with Crippen LogP contribution in [-0.2, 0) is 4.79 Å². The van der Waals surface area contributed by atoms with E-state index in [1.807, 2.05) is 0 Å². The third-order valence-corrected chi connectivity index (χ3v) is 1.91. The van der Waals surface area contributed by atoms with Crippen LogP contribution < -0.4 is 10.6 Å². The van der Waals surface area contributed by atoms with Crippen LogP contribution in [0.2, 0.25) is 0 Å². The van der Waals surface area contributed by atoms with E-state index < -0.39 is 18.2 Å². The molecule has 9 heteroatoms. The molecule has 0 aromatic rings. The second kappa shape index (κ2) is 6.94. The average molecular weight is 258 g/mol. The molecule has 1 fully saturated rings. The van der Waals surface area contributed by atoms with Crippen LogP contribution in [-0.4, -0.2) is 47.6 Å². The maximum atomic E-state index is 10.6. The molecule has 1 rings (SSSR count). The van der Waals surface area contributed by atoms with Crippen LogP contribution >= 0.6 is 0 Å². The van der Waals surface area contributed by atoms with Crippen LogP contribution in [0.15, 0.2) is 0 Å². The fourth-order valence-corrected chi connectivity index (χ4v) is 1.14. The molecule has 0 aliphatic carbocycles. The molecule has 1 saturated heterocycles. The lowest BCUT2D eigenvalue weighted by Crippen LogP contribution is -2.42. The summed E-state index contributed by atoms with van der Waals surface area (Å²) in [6, 6.07) is 0.166. The topological polar surface area (TPSA) is 98.7 Å². The van der Waals surface area contributed by atoms with Gasteiger partial charge in [0.25, 0.3) is 0 Å². The number of carbonyl (C=O) groups is 2. The van der Waals surface area contributed by atoms with E-state index in [0.717, 1.165) is 25.9 Å². The molecule has 0 spiro atoms. The fourth-order valence-electron chi connectivity index (χ4n) is 1.14. The number of carboxylic acids is 1. The Balaban J connectivity index is 0.000000325. The molecule has 0 radical (unpaired) electrons. The Morgan fingerprint density at radius 2 is 1.59 bits per heavy atom. The number of hydrogen-bond acceptors (Lipinski definition) is 3. The number of hydrogen-bond donors (Lipinski definition) is 4. The third-order valence-electron chi connectivity index (χ3n) is 1.91. The average Bonchev–Trinajstić information content (AvgIpc) is 2.17. The molecule has 17 heavy (non-hydrogen) atoms. The zero-order valence-corrected chi connectivity index (χ0v) is 8.75. The van der Waals surface area contributed by atoms with Gasteiger partial charge >= 0.3 is 18.2 Å². The van der Waals surface area contributed by atoms with Gasteiger partial charge in [0.1, 0.15) is 0 Å². The fraction of sp³-hybridized carbons (Fsp3) is 0.750. The first-order valence-electron chi connectivity index (χ1n) is 4.73. The minimum absolute atomic E-state index is 0.166. The highest BCUT2D eigenvalue weighted by atomic mass is 19.4. The van der Waals surface area contributed by atoms with Crippen LogP contribution in [0.25, 0.3) is 0 Å². The molecule has 0 saturated carbocycles. The number of amides is 1. The van der Waals surface area contributed by atoms with Crippen molar-refractivity contribution in [1.29, 1.82) is 0 Å². The van der Waals surface area contributed by atoms with Crippen LogP contribution in [0, 0.1) is 0 Å². The van der Waals surface area contributed by atoms with Crippen molar-refractivity contribution < 1.29 is 33.0 Å². The normalized spacial score (nSPS) is 16.6. The van der Waals surface area contributed by atoms with E-state index in [1.54, 1.807) is 0 Å². The summed E-state index contributed by atoms with van der Waals surface area (Å²) < 4.78 is 31.7. The van der Waals surface area contributed by atoms with E-state index in [4.69, 9.17) is 15.0 Å². The van der Waals surface area contributed by atoms with Crippen LogP contribution in [0.1, 0.15) is 12.8 Å². The Bertz CT molecular complexity index is 264. The number of rotatable bonds is 1. The molecule has 6 nitrogen and oxygen atoms in total. The third kappa shape index (κ3) is 8.31. The van der Waals surface area contributed by atoms with Crippen molar-refractivity contribution >= 4 is 12.1 Å². The minimum atomic E-state index is -5.08. The first-order valence-corrected chi connectivity index (χ1v) is 4.73. The van der Waals surface area contributed by atoms with Crippen LogP contribution in [0.3, 0.4) is 0 Å². The lowest BCUT2D eigenvalue weighted by Gasteiger charge is -2.21. The Hall–Kier alpha value is -1.51. The largest absolute Gasteiger partial charge is 0.490 e. The number of alkyl halides is 3. The molecule has 0 aromatic carbocycles. The SMILES string of the molecule is O=C(O)C(F)(F)F.O=C(O)NC1CCNCC1. The zero-order valence-electron chi connectivity index (χ0n) is 8.75. The monoisotopic (exact) mass is 258 g/mol. The van der Waals surface area contributed by atoms with Crippen molar-refractivity contribution in [2.45, 2.75) is 25.1 Å². The molecule has 1 amide bonds. The Morgan fingerprint density at radius 1 is 1.18 bits per heavy atom. The molecular formula is C8H13F3N2O4. The molecule has 1 aliphatic heterocycles. The van der Waals surface area contributed by atoms with Crippen molar-refractivity contribution in [1.82, 2.24) is 10.6 Å². The summed E-state index contributed by atoms with van der Waals surface area (Å²) in [6.45, 7) is 1.84. The highest BCUT2D eigenvalue weighted by Crippen LogP contribution is 2.13. The van der Waals surface area contributed by atoms with Gasteiger partial charge in [-0.15, -0.1) is 0 Å². The summed E-state index contributed by atoms with van der Waals surface area (Å²) in [7, 11) is 0. The van der Waals surface area contributed by atoms with E-state index in [9.17, 15) is 18.0 Å². The smallest absolute Gasteiger partial charge is 0.475 e. The molecule has 0 unspecified atom stereocenters. The van der Waals surface area contributed by atoms with Crippen molar-refractivity contribution in [3.05, 3.63) is 0 Å². The molecule has 0 aromatic heterocycles. The first kappa shape index (κ1) is 15.5. The molecular weight excluding hydrogens is 245 g/mol. The predicted molar refractivity (Wildman–Crippen MR) is 50.7 cm³/mol. The summed E-state index contributed by atoms with van der Waals surface area (Å²) in [5.41, 5.74) is 0. The number of aliphatic carboxylic acids is 1. The van der Waals surface area contributed by atoms with E-state index in [-0.39, 0.29) is 6.04 Å². The zero-order chi connectivity index (χ0) is 13.5. The molecule has 0 atom stereocenters. The van der Waals surface area contributed by atoms with Gasteiger partial charge in [-0.2, -0.15) is 13.2 Å². The van der Waals surface area contributed by atoms with E-state index >= 15 is 0 Å². The lowest BCUT2D eigenvalue weighted by molar-refractivity contribution is -0.192. The standard InChI is InChI=1S/C6H12N2O2.C2HF3O2/c9-6(10)8-5-1-3-7-4-2-5;3-2(4,5)1(6)7/h5,7-8H,1-4H2,(H,9,10);(H,6,7). The van der Waals surface area contributed by atoms with Gasteiger partial charge < -0.3 is 20.8 Å². The van der Waals surface area contributed by atoms with Gasteiger partial charge in [0.2, 0.25) is 0 Å². The molecule has 0 bridgehead atoms. The Morgan fingerprint density at radius 3 is 1.88 bits per heavy atom. The summed E-state index contributed by atoms with van der Waals surface area (Å²) in [6.07, 6.45) is -4.18. The highest BCUT2D eigenvalue weighted by molar-refractivity contribution is 5.73. The minimum Gasteiger partial charge on any atom is -0.475 e.